The molecule has 1 aromatic carbocycles. The van der Waals surface area contributed by atoms with E-state index < -0.39 is 0 Å². The van der Waals surface area contributed by atoms with Crippen LogP contribution < -0.4 is 10.1 Å². The summed E-state index contributed by atoms with van der Waals surface area (Å²) in [5.41, 5.74) is 1.25. The molecule has 0 radical (unpaired) electrons. The molecule has 3 heteroatoms. The second kappa shape index (κ2) is 7.30. The van der Waals surface area contributed by atoms with Gasteiger partial charge in [-0.2, -0.15) is 0 Å². The lowest BCUT2D eigenvalue weighted by atomic mass is 10.1. The minimum absolute atomic E-state index is 0.314. The Kier molecular flexibility index (Phi) is 5.71. The fraction of sp³-hybridized carbons (Fsp3) is 0.625. The summed E-state index contributed by atoms with van der Waals surface area (Å²) < 4.78 is 7.39. The Labute approximate surface area is 125 Å². The third-order valence-electron chi connectivity index (χ3n) is 3.97. The van der Waals surface area contributed by atoms with Crippen LogP contribution in [0.4, 0.5) is 0 Å². The maximum atomic E-state index is 6.30. The van der Waals surface area contributed by atoms with E-state index in [2.05, 4.69) is 46.4 Å². The van der Waals surface area contributed by atoms with Gasteiger partial charge >= 0.3 is 0 Å². The molecule has 1 aliphatic carbocycles. The van der Waals surface area contributed by atoms with Crippen molar-refractivity contribution in [2.75, 3.05) is 7.05 Å². The first-order valence-electron chi connectivity index (χ1n) is 7.34. The molecule has 1 fully saturated rings. The Balaban J connectivity index is 2.14. The molecule has 1 aromatic rings. The topological polar surface area (TPSA) is 21.3 Å². The van der Waals surface area contributed by atoms with Gasteiger partial charge in [0.05, 0.1) is 6.10 Å². The number of halogens is 1. The van der Waals surface area contributed by atoms with Gasteiger partial charge in [0.2, 0.25) is 0 Å². The van der Waals surface area contributed by atoms with Crippen molar-refractivity contribution in [2.45, 2.75) is 57.6 Å². The molecule has 106 valence electrons. The van der Waals surface area contributed by atoms with Crippen LogP contribution in [-0.2, 0) is 0 Å². The van der Waals surface area contributed by atoms with Gasteiger partial charge in [0.1, 0.15) is 5.75 Å². The predicted molar refractivity (Wildman–Crippen MR) is 83.7 cm³/mol. The molecule has 1 N–H and O–H groups in total. The highest BCUT2D eigenvalue weighted by molar-refractivity contribution is 9.10. The Bertz CT molecular complexity index is 400. The van der Waals surface area contributed by atoms with E-state index in [1.165, 1.54) is 44.1 Å². The van der Waals surface area contributed by atoms with E-state index in [1.807, 2.05) is 7.05 Å². The summed E-state index contributed by atoms with van der Waals surface area (Å²) in [6, 6.07) is 6.66. The molecule has 1 saturated carbocycles. The zero-order valence-corrected chi connectivity index (χ0v) is 13.5. The summed E-state index contributed by atoms with van der Waals surface area (Å²) in [5.74, 6) is 1.03. The first kappa shape index (κ1) is 14.9. The van der Waals surface area contributed by atoms with Crippen LogP contribution in [0.3, 0.4) is 0 Å². The Morgan fingerprint density at radius 3 is 2.53 bits per heavy atom. The van der Waals surface area contributed by atoms with E-state index in [9.17, 15) is 0 Å². The molecule has 2 rings (SSSR count). The van der Waals surface area contributed by atoms with Gasteiger partial charge in [0, 0.05) is 16.1 Å². The first-order chi connectivity index (χ1) is 9.20. The standard InChI is InChI=1S/C16H24BrNO/c1-12(18-2)15-10-9-13(17)11-16(15)19-14-7-5-3-4-6-8-14/h9-12,14,18H,3-8H2,1-2H3. The Morgan fingerprint density at radius 1 is 1.21 bits per heavy atom. The van der Waals surface area contributed by atoms with Crippen LogP contribution in [0.15, 0.2) is 22.7 Å². The smallest absolute Gasteiger partial charge is 0.125 e. The lowest BCUT2D eigenvalue weighted by Crippen LogP contribution is -2.19. The minimum atomic E-state index is 0.314. The van der Waals surface area contributed by atoms with Crippen LogP contribution in [0.2, 0.25) is 0 Å². The fourth-order valence-electron chi connectivity index (χ4n) is 2.66. The molecule has 0 amide bonds. The van der Waals surface area contributed by atoms with Crippen molar-refractivity contribution in [3.05, 3.63) is 28.2 Å². The van der Waals surface area contributed by atoms with E-state index in [1.54, 1.807) is 0 Å². The summed E-state index contributed by atoms with van der Waals surface area (Å²) >= 11 is 3.55. The second-order valence-corrected chi connectivity index (χ2v) is 6.34. The van der Waals surface area contributed by atoms with E-state index in [0.29, 0.717) is 12.1 Å². The second-order valence-electron chi connectivity index (χ2n) is 5.42. The molecule has 2 nitrogen and oxygen atoms in total. The zero-order chi connectivity index (χ0) is 13.7. The fourth-order valence-corrected chi connectivity index (χ4v) is 3.00. The number of nitrogens with one attached hydrogen (secondary N) is 1. The molecule has 0 spiro atoms. The molecule has 0 bridgehead atoms. The van der Waals surface area contributed by atoms with Crippen LogP contribution in [0.1, 0.15) is 57.1 Å². The van der Waals surface area contributed by atoms with Crippen LogP contribution in [-0.4, -0.2) is 13.2 Å². The highest BCUT2D eigenvalue weighted by Gasteiger charge is 2.17. The van der Waals surface area contributed by atoms with Crippen molar-refractivity contribution in [1.82, 2.24) is 5.32 Å². The lowest BCUT2D eigenvalue weighted by Gasteiger charge is -2.22. The van der Waals surface area contributed by atoms with E-state index >= 15 is 0 Å². The summed E-state index contributed by atoms with van der Waals surface area (Å²) in [4.78, 5) is 0. The van der Waals surface area contributed by atoms with Gasteiger partial charge in [-0.25, -0.2) is 0 Å². The molecule has 1 atom stereocenters. The van der Waals surface area contributed by atoms with Gasteiger partial charge in [-0.05, 0) is 51.8 Å². The number of rotatable bonds is 4. The highest BCUT2D eigenvalue weighted by atomic mass is 79.9. The first-order valence-corrected chi connectivity index (χ1v) is 8.13. The van der Waals surface area contributed by atoms with Crippen LogP contribution >= 0.6 is 15.9 Å². The summed E-state index contributed by atoms with van der Waals surface area (Å²) in [6.07, 6.45) is 8.10. The number of ether oxygens (including phenoxy) is 1. The van der Waals surface area contributed by atoms with Crippen molar-refractivity contribution < 1.29 is 4.74 Å². The average molecular weight is 326 g/mol. The van der Waals surface area contributed by atoms with Gasteiger partial charge in [-0.15, -0.1) is 0 Å². The van der Waals surface area contributed by atoms with E-state index in [0.717, 1.165) is 10.2 Å². The molecular formula is C16H24BrNO. The summed E-state index contributed by atoms with van der Waals surface area (Å²) in [7, 11) is 1.99. The predicted octanol–water partition coefficient (Wildman–Crippen LogP) is 4.83. The van der Waals surface area contributed by atoms with Crippen molar-refractivity contribution in [1.29, 1.82) is 0 Å². The lowest BCUT2D eigenvalue weighted by molar-refractivity contribution is 0.181. The average Bonchev–Trinajstić information content (AvgIpc) is 2.67. The third kappa shape index (κ3) is 4.22. The normalized spacial score (nSPS) is 18.9. The molecule has 19 heavy (non-hydrogen) atoms. The van der Waals surface area contributed by atoms with Crippen molar-refractivity contribution in [3.8, 4) is 5.75 Å². The van der Waals surface area contributed by atoms with Crippen LogP contribution in [0.5, 0.6) is 5.75 Å². The van der Waals surface area contributed by atoms with Gasteiger partial charge in [0.25, 0.3) is 0 Å². The molecule has 0 aromatic heterocycles. The van der Waals surface area contributed by atoms with Crippen molar-refractivity contribution in [2.24, 2.45) is 0 Å². The quantitative estimate of drug-likeness (QED) is 0.800. The number of hydrogen-bond acceptors (Lipinski definition) is 2. The van der Waals surface area contributed by atoms with Crippen LogP contribution in [0, 0.1) is 0 Å². The van der Waals surface area contributed by atoms with Gasteiger partial charge in [0.15, 0.2) is 0 Å². The van der Waals surface area contributed by atoms with Crippen molar-refractivity contribution >= 4 is 15.9 Å². The maximum Gasteiger partial charge on any atom is 0.125 e. The largest absolute Gasteiger partial charge is 0.490 e. The molecule has 1 aliphatic rings. The minimum Gasteiger partial charge on any atom is -0.490 e. The maximum absolute atomic E-state index is 6.30. The zero-order valence-electron chi connectivity index (χ0n) is 11.9. The number of hydrogen-bond donors (Lipinski definition) is 1. The monoisotopic (exact) mass is 325 g/mol. The molecule has 1 unspecified atom stereocenters. The SMILES string of the molecule is CNC(C)c1ccc(Br)cc1OC1CCCCCC1. The van der Waals surface area contributed by atoms with Gasteiger partial charge in [-0.1, -0.05) is 34.8 Å². The molecule has 0 heterocycles. The van der Waals surface area contributed by atoms with Gasteiger partial charge < -0.3 is 10.1 Å². The number of benzene rings is 1. The van der Waals surface area contributed by atoms with Crippen molar-refractivity contribution in [3.63, 3.8) is 0 Å². The third-order valence-corrected chi connectivity index (χ3v) is 4.46. The van der Waals surface area contributed by atoms with Crippen LogP contribution in [0.25, 0.3) is 0 Å². The summed E-state index contributed by atoms with van der Waals surface area (Å²) in [6.45, 7) is 2.17. The van der Waals surface area contributed by atoms with E-state index in [4.69, 9.17) is 4.74 Å². The van der Waals surface area contributed by atoms with E-state index in [-0.39, 0.29) is 0 Å². The highest BCUT2D eigenvalue weighted by Crippen LogP contribution is 2.31. The molecule has 0 saturated heterocycles. The Hall–Kier alpha value is -0.540. The Morgan fingerprint density at radius 2 is 1.89 bits per heavy atom. The summed E-state index contributed by atoms with van der Waals surface area (Å²) in [5, 5.41) is 3.30. The molecule has 0 aliphatic heterocycles. The molecular weight excluding hydrogens is 302 g/mol. The van der Waals surface area contributed by atoms with Gasteiger partial charge in [-0.3, -0.25) is 0 Å².